The van der Waals surface area contributed by atoms with Crippen LogP contribution in [0.25, 0.3) is 0 Å². The topological polar surface area (TPSA) is 44.3 Å². The first kappa shape index (κ1) is 19.2. The molecule has 2 heterocycles. The maximum Gasteiger partial charge on any atom is 0.227 e. The zero-order chi connectivity index (χ0) is 20.2. The van der Waals surface area contributed by atoms with Gasteiger partial charge in [-0.1, -0.05) is 29.8 Å². The fraction of sp³-hybridized carbons (Fsp3) is 0.304. The molecular formula is C23H26FN5. The van der Waals surface area contributed by atoms with E-state index in [2.05, 4.69) is 51.3 Å². The summed E-state index contributed by atoms with van der Waals surface area (Å²) in [6.45, 7) is 8.19. The minimum absolute atomic E-state index is 0.203. The van der Waals surface area contributed by atoms with E-state index in [0.29, 0.717) is 0 Å². The molecule has 0 spiro atoms. The lowest BCUT2D eigenvalue weighted by molar-refractivity contribution is 0.623. The van der Waals surface area contributed by atoms with Gasteiger partial charge in [-0.05, 0) is 43.7 Å². The van der Waals surface area contributed by atoms with Crippen LogP contribution >= 0.6 is 0 Å². The molecular weight excluding hydrogens is 365 g/mol. The van der Waals surface area contributed by atoms with Gasteiger partial charge in [-0.2, -0.15) is 4.98 Å². The van der Waals surface area contributed by atoms with Crippen LogP contribution < -0.4 is 15.1 Å². The average Bonchev–Trinajstić information content (AvgIpc) is 2.74. The van der Waals surface area contributed by atoms with Gasteiger partial charge >= 0.3 is 0 Å². The molecule has 1 saturated heterocycles. The maximum atomic E-state index is 13.2. The van der Waals surface area contributed by atoms with Crippen LogP contribution in [0.15, 0.2) is 54.6 Å². The number of aromatic nitrogens is 2. The zero-order valence-electron chi connectivity index (χ0n) is 16.9. The number of benzene rings is 2. The molecule has 1 aliphatic heterocycles. The number of halogens is 1. The highest BCUT2D eigenvalue weighted by atomic mass is 19.1. The molecule has 2 aromatic carbocycles. The van der Waals surface area contributed by atoms with Gasteiger partial charge < -0.3 is 15.1 Å². The van der Waals surface area contributed by atoms with Crippen molar-refractivity contribution in [2.24, 2.45) is 0 Å². The van der Waals surface area contributed by atoms with Crippen LogP contribution in [0.4, 0.5) is 21.8 Å². The lowest BCUT2D eigenvalue weighted by Gasteiger charge is -2.36. The molecule has 6 heteroatoms. The molecule has 0 aliphatic carbocycles. The number of hydrogen-bond donors (Lipinski definition) is 1. The number of nitrogens with one attached hydrogen (secondary N) is 1. The second kappa shape index (κ2) is 8.47. The molecule has 0 amide bonds. The molecule has 3 aromatic rings. The summed E-state index contributed by atoms with van der Waals surface area (Å²) in [7, 11) is 0. The molecule has 1 N–H and O–H groups in total. The standard InChI is InChI=1S/C23H26FN5/c1-17-3-5-19(6-4-17)16-25-22-15-18(2)26-23(27-22)29-13-11-28(12-14-29)21-9-7-20(24)8-10-21/h3-10,15H,11-14,16H2,1-2H3,(H,25,26,27). The third kappa shape index (κ3) is 4.83. The summed E-state index contributed by atoms with van der Waals surface area (Å²) >= 11 is 0. The van der Waals surface area contributed by atoms with Crippen molar-refractivity contribution >= 4 is 17.5 Å². The molecule has 4 rings (SSSR count). The Balaban J connectivity index is 1.40. The van der Waals surface area contributed by atoms with E-state index in [4.69, 9.17) is 4.98 Å². The number of anilines is 3. The minimum atomic E-state index is -0.203. The Bertz CT molecular complexity index is 948. The van der Waals surface area contributed by atoms with E-state index in [-0.39, 0.29) is 5.82 Å². The molecule has 0 saturated carbocycles. The van der Waals surface area contributed by atoms with Crippen LogP contribution in [0, 0.1) is 19.7 Å². The summed E-state index contributed by atoms with van der Waals surface area (Å²) in [6, 6.07) is 17.2. The summed E-state index contributed by atoms with van der Waals surface area (Å²) in [5.41, 5.74) is 4.48. The predicted molar refractivity (Wildman–Crippen MR) is 116 cm³/mol. The first-order valence-electron chi connectivity index (χ1n) is 9.97. The fourth-order valence-corrected chi connectivity index (χ4v) is 3.50. The number of aryl methyl sites for hydroxylation is 2. The molecule has 0 atom stereocenters. The molecule has 0 unspecified atom stereocenters. The smallest absolute Gasteiger partial charge is 0.227 e. The van der Waals surface area contributed by atoms with Crippen molar-refractivity contribution in [1.82, 2.24) is 9.97 Å². The summed E-state index contributed by atoms with van der Waals surface area (Å²) in [5.74, 6) is 1.40. The van der Waals surface area contributed by atoms with Crippen molar-refractivity contribution in [2.75, 3.05) is 41.3 Å². The molecule has 150 valence electrons. The van der Waals surface area contributed by atoms with Gasteiger partial charge in [0.2, 0.25) is 5.95 Å². The number of piperazine rings is 1. The highest BCUT2D eigenvalue weighted by Gasteiger charge is 2.20. The van der Waals surface area contributed by atoms with Crippen LogP contribution in [-0.2, 0) is 6.54 Å². The Morgan fingerprint density at radius 1 is 0.862 bits per heavy atom. The van der Waals surface area contributed by atoms with Crippen molar-refractivity contribution in [3.63, 3.8) is 0 Å². The second-order valence-corrected chi connectivity index (χ2v) is 7.48. The minimum Gasteiger partial charge on any atom is -0.368 e. The van der Waals surface area contributed by atoms with Gasteiger partial charge in [0.25, 0.3) is 0 Å². The Labute approximate surface area is 171 Å². The monoisotopic (exact) mass is 391 g/mol. The van der Waals surface area contributed by atoms with Crippen LogP contribution in [0.5, 0.6) is 0 Å². The van der Waals surface area contributed by atoms with Gasteiger partial charge in [-0.25, -0.2) is 9.37 Å². The van der Waals surface area contributed by atoms with E-state index < -0.39 is 0 Å². The zero-order valence-corrected chi connectivity index (χ0v) is 16.9. The fourth-order valence-electron chi connectivity index (χ4n) is 3.50. The third-order valence-corrected chi connectivity index (χ3v) is 5.19. The number of hydrogen-bond acceptors (Lipinski definition) is 5. The lowest BCUT2D eigenvalue weighted by atomic mass is 10.1. The Morgan fingerprint density at radius 2 is 1.52 bits per heavy atom. The van der Waals surface area contributed by atoms with Crippen molar-refractivity contribution in [2.45, 2.75) is 20.4 Å². The third-order valence-electron chi connectivity index (χ3n) is 5.19. The van der Waals surface area contributed by atoms with Crippen molar-refractivity contribution in [3.05, 3.63) is 77.2 Å². The Morgan fingerprint density at radius 3 is 2.21 bits per heavy atom. The Hall–Kier alpha value is -3.15. The van der Waals surface area contributed by atoms with Crippen molar-refractivity contribution in [3.8, 4) is 0 Å². The van der Waals surface area contributed by atoms with Gasteiger partial charge in [-0.3, -0.25) is 0 Å². The van der Waals surface area contributed by atoms with Gasteiger partial charge in [0.05, 0.1) is 0 Å². The molecule has 0 radical (unpaired) electrons. The summed E-state index contributed by atoms with van der Waals surface area (Å²) < 4.78 is 13.2. The quantitative estimate of drug-likeness (QED) is 0.707. The summed E-state index contributed by atoms with van der Waals surface area (Å²) in [6.07, 6.45) is 0. The van der Waals surface area contributed by atoms with Crippen LogP contribution in [0.1, 0.15) is 16.8 Å². The van der Waals surface area contributed by atoms with Crippen LogP contribution in [0.2, 0.25) is 0 Å². The van der Waals surface area contributed by atoms with E-state index >= 15 is 0 Å². The van der Waals surface area contributed by atoms with Gasteiger partial charge in [0, 0.05) is 50.2 Å². The highest BCUT2D eigenvalue weighted by molar-refractivity contribution is 5.50. The molecule has 1 fully saturated rings. The number of rotatable bonds is 5. The van der Waals surface area contributed by atoms with Gasteiger partial charge in [0.15, 0.2) is 0 Å². The molecule has 5 nitrogen and oxygen atoms in total. The van der Waals surface area contributed by atoms with E-state index in [1.807, 2.05) is 25.1 Å². The number of nitrogens with zero attached hydrogens (tertiary/aromatic N) is 4. The first-order chi connectivity index (χ1) is 14.1. The van der Waals surface area contributed by atoms with Crippen LogP contribution in [0.3, 0.4) is 0 Å². The average molecular weight is 391 g/mol. The first-order valence-corrected chi connectivity index (χ1v) is 9.97. The van der Waals surface area contributed by atoms with E-state index in [0.717, 1.165) is 55.9 Å². The second-order valence-electron chi connectivity index (χ2n) is 7.48. The predicted octanol–water partition coefficient (Wildman–Crippen LogP) is 4.17. The van der Waals surface area contributed by atoms with E-state index in [1.165, 1.54) is 23.3 Å². The molecule has 1 aliphatic rings. The normalized spacial score (nSPS) is 14.2. The van der Waals surface area contributed by atoms with Crippen LogP contribution in [-0.4, -0.2) is 36.1 Å². The largest absolute Gasteiger partial charge is 0.368 e. The van der Waals surface area contributed by atoms with Crippen molar-refractivity contribution in [1.29, 1.82) is 0 Å². The molecule has 1 aromatic heterocycles. The SMILES string of the molecule is Cc1ccc(CNc2cc(C)nc(N3CCN(c4ccc(F)cc4)CC3)n2)cc1. The van der Waals surface area contributed by atoms with Gasteiger partial charge in [0.1, 0.15) is 11.6 Å². The van der Waals surface area contributed by atoms with E-state index in [1.54, 1.807) is 0 Å². The van der Waals surface area contributed by atoms with E-state index in [9.17, 15) is 4.39 Å². The highest BCUT2D eigenvalue weighted by Crippen LogP contribution is 2.20. The molecule has 0 bridgehead atoms. The van der Waals surface area contributed by atoms with Gasteiger partial charge in [-0.15, -0.1) is 0 Å². The maximum absolute atomic E-state index is 13.2. The Kier molecular flexibility index (Phi) is 5.60. The molecule has 29 heavy (non-hydrogen) atoms. The summed E-state index contributed by atoms with van der Waals surface area (Å²) in [4.78, 5) is 13.9. The lowest BCUT2D eigenvalue weighted by Crippen LogP contribution is -2.47. The summed E-state index contributed by atoms with van der Waals surface area (Å²) in [5, 5.41) is 3.42. The van der Waals surface area contributed by atoms with Crippen molar-refractivity contribution < 1.29 is 4.39 Å².